The highest BCUT2D eigenvalue weighted by Crippen LogP contribution is 2.33. The van der Waals surface area contributed by atoms with Crippen LogP contribution in [0.2, 0.25) is 15.1 Å². The molecule has 150 valence electrons. The van der Waals surface area contributed by atoms with Crippen LogP contribution in [0.5, 0.6) is 5.75 Å². The molecule has 3 N–H and O–H groups in total. The molecule has 0 aliphatic rings. The van der Waals surface area contributed by atoms with Gasteiger partial charge in [0.25, 0.3) is 5.91 Å². The van der Waals surface area contributed by atoms with Gasteiger partial charge in [0.15, 0.2) is 13.2 Å². The number of benzene rings is 2. The summed E-state index contributed by atoms with van der Waals surface area (Å²) in [6, 6.07) is 7.85. The van der Waals surface area contributed by atoms with Crippen LogP contribution in [0.1, 0.15) is 0 Å². The first-order valence-electron chi connectivity index (χ1n) is 7.42. The van der Waals surface area contributed by atoms with E-state index in [-0.39, 0.29) is 25.7 Å². The van der Waals surface area contributed by atoms with Crippen LogP contribution < -0.4 is 15.2 Å². The van der Waals surface area contributed by atoms with E-state index in [4.69, 9.17) is 49.4 Å². The number of halogens is 3. The Balaban J connectivity index is 1.81. The Kier molecular flexibility index (Phi) is 7.50. The number of carbonyl (C=O) groups is 2. The maximum atomic E-state index is 11.8. The number of hydrogen-bond donors (Lipinski definition) is 2. The highest BCUT2D eigenvalue weighted by molar-refractivity contribution is 7.89. The molecule has 2 aromatic rings. The van der Waals surface area contributed by atoms with E-state index in [2.05, 4.69) is 5.32 Å². The summed E-state index contributed by atoms with van der Waals surface area (Å²) in [6.07, 6.45) is 0. The van der Waals surface area contributed by atoms with E-state index >= 15 is 0 Å². The molecule has 2 aromatic carbocycles. The van der Waals surface area contributed by atoms with Crippen LogP contribution in [0.3, 0.4) is 0 Å². The highest BCUT2D eigenvalue weighted by Gasteiger charge is 2.13. The number of esters is 1. The summed E-state index contributed by atoms with van der Waals surface area (Å²) in [6.45, 7) is -1.08. The second-order valence-corrected chi connectivity index (χ2v) is 8.05. The van der Waals surface area contributed by atoms with Gasteiger partial charge in [-0.05, 0) is 30.3 Å². The van der Waals surface area contributed by atoms with Crippen molar-refractivity contribution in [2.24, 2.45) is 5.14 Å². The Morgan fingerprint density at radius 2 is 1.57 bits per heavy atom. The Morgan fingerprint density at radius 1 is 0.964 bits per heavy atom. The molecule has 1 amide bonds. The predicted octanol–water partition coefficient (Wildman–Crippen LogP) is 2.85. The third kappa shape index (κ3) is 6.54. The molecule has 0 heterocycles. The van der Waals surface area contributed by atoms with Gasteiger partial charge in [0, 0.05) is 11.8 Å². The quantitative estimate of drug-likeness (QED) is 0.476. The molecular weight excluding hydrogens is 455 g/mol. The topological polar surface area (TPSA) is 125 Å². The standard InChI is InChI=1S/C16H13Cl3N2O6S/c17-11-5-13(19)14(6-12(11)18)26-8-16(23)27-7-15(22)21-9-1-3-10(4-2-9)28(20,24)25/h1-6H,7-8H2,(H,21,22)(H2,20,24,25). The molecule has 0 unspecified atom stereocenters. The van der Waals surface area contributed by atoms with Crippen molar-refractivity contribution in [1.29, 1.82) is 0 Å². The number of ether oxygens (including phenoxy) is 2. The zero-order valence-electron chi connectivity index (χ0n) is 13.9. The molecule has 0 radical (unpaired) electrons. The van der Waals surface area contributed by atoms with E-state index in [9.17, 15) is 18.0 Å². The van der Waals surface area contributed by atoms with E-state index in [1.54, 1.807) is 0 Å². The zero-order valence-corrected chi connectivity index (χ0v) is 17.0. The van der Waals surface area contributed by atoms with Crippen LogP contribution in [0, 0.1) is 0 Å². The first-order chi connectivity index (χ1) is 13.1. The lowest BCUT2D eigenvalue weighted by molar-refractivity contribution is -0.149. The molecule has 0 aliphatic carbocycles. The van der Waals surface area contributed by atoms with Gasteiger partial charge >= 0.3 is 5.97 Å². The molecule has 0 spiro atoms. The van der Waals surface area contributed by atoms with Gasteiger partial charge in [0.05, 0.1) is 20.0 Å². The Labute approximate surface area is 175 Å². The summed E-state index contributed by atoms with van der Waals surface area (Å²) in [5.74, 6) is -1.32. The average Bonchev–Trinajstić information content (AvgIpc) is 2.61. The summed E-state index contributed by atoms with van der Waals surface area (Å²) >= 11 is 17.5. The third-order valence-electron chi connectivity index (χ3n) is 3.15. The van der Waals surface area contributed by atoms with Gasteiger partial charge in [-0.2, -0.15) is 0 Å². The lowest BCUT2D eigenvalue weighted by atomic mass is 10.3. The number of sulfonamides is 1. The normalized spacial score (nSPS) is 11.0. The van der Waals surface area contributed by atoms with Crippen molar-refractivity contribution < 1.29 is 27.5 Å². The number of nitrogens with one attached hydrogen (secondary N) is 1. The van der Waals surface area contributed by atoms with Crippen molar-refractivity contribution in [3.63, 3.8) is 0 Å². The molecule has 0 aromatic heterocycles. The van der Waals surface area contributed by atoms with Gasteiger partial charge in [-0.25, -0.2) is 18.4 Å². The molecule has 0 saturated heterocycles. The van der Waals surface area contributed by atoms with E-state index < -0.39 is 35.1 Å². The number of amides is 1. The van der Waals surface area contributed by atoms with Crippen molar-refractivity contribution >= 4 is 62.4 Å². The molecule has 0 aliphatic heterocycles. The fourth-order valence-corrected chi connectivity index (χ4v) is 2.97. The van der Waals surface area contributed by atoms with E-state index in [1.165, 1.54) is 36.4 Å². The molecule has 0 atom stereocenters. The minimum atomic E-state index is -3.83. The Bertz CT molecular complexity index is 996. The van der Waals surface area contributed by atoms with Crippen molar-refractivity contribution in [3.8, 4) is 5.75 Å². The average molecular weight is 468 g/mol. The molecule has 0 saturated carbocycles. The second kappa shape index (κ2) is 9.44. The Hall–Kier alpha value is -2.04. The molecule has 8 nitrogen and oxygen atoms in total. The van der Waals surface area contributed by atoms with Crippen LogP contribution in [-0.2, 0) is 24.3 Å². The summed E-state index contributed by atoms with van der Waals surface area (Å²) < 4.78 is 32.3. The van der Waals surface area contributed by atoms with Crippen molar-refractivity contribution in [2.45, 2.75) is 4.90 Å². The minimum absolute atomic E-state index is 0.102. The Morgan fingerprint density at radius 3 is 2.18 bits per heavy atom. The molecule has 2 rings (SSSR count). The van der Waals surface area contributed by atoms with Crippen LogP contribution >= 0.6 is 34.8 Å². The fraction of sp³-hybridized carbons (Fsp3) is 0.125. The van der Waals surface area contributed by atoms with E-state index in [0.29, 0.717) is 5.69 Å². The number of primary sulfonamides is 1. The molecule has 0 fully saturated rings. The second-order valence-electron chi connectivity index (χ2n) is 5.26. The predicted molar refractivity (Wildman–Crippen MR) is 104 cm³/mol. The van der Waals surface area contributed by atoms with Crippen LogP contribution in [0.15, 0.2) is 41.3 Å². The summed E-state index contributed by atoms with van der Waals surface area (Å²) in [4.78, 5) is 23.4. The SMILES string of the molecule is NS(=O)(=O)c1ccc(NC(=O)COC(=O)COc2cc(Cl)c(Cl)cc2Cl)cc1. The molecule has 0 bridgehead atoms. The minimum Gasteiger partial charge on any atom is -0.480 e. The van der Waals surface area contributed by atoms with Crippen molar-refractivity contribution in [3.05, 3.63) is 51.5 Å². The summed E-state index contributed by atoms with van der Waals surface area (Å²) in [7, 11) is -3.83. The number of nitrogens with two attached hydrogens (primary N) is 1. The largest absolute Gasteiger partial charge is 0.480 e. The van der Waals surface area contributed by atoms with Crippen LogP contribution in [0.4, 0.5) is 5.69 Å². The van der Waals surface area contributed by atoms with Crippen LogP contribution in [0.25, 0.3) is 0 Å². The maximum absolute atomic E-state index is 11.8. The van der Waals surface area contributed by atoms with Gasteiger partial charge < -0.3 is 14.8 Å². The van der Waals surface area contributed by atoms with Gasteiger partial charge in [-0.1, -0.05) is 34.8 Å². The van der Waals surface area contributed by atoms with Crippen molar-refractivity contribution in [1.82, 2.24) is 0 Å². The first-order valence-corrected chi connectivity index (χ1v) is 10.1. The first kappa shape index (κ1) is 22.3. The number of hydrogen-bond acceptors (Lipinski definition) is 6. The monoisotopic (exact) mass is 466 g/mol. The number of carbonyl (C=O) groups excluding carboxylic acids is 2. The van der Waals surface area contributed by atoms with Crippen molar-refractivity contribution in [2.75, 3.05) is 18.5 Å². The van der Waals surface area contributed by atoms with E-state index in [1.807, 2.05) is 0 Å². The smallest absolute Gasteiger partial charge is 0.344 e. The van der Waals surface area contributed by atoms with Gasteiger partial charge in [0.2, 0.25) is 10.0 Å². The summed E-state index contributed by atoms with van der Waals surface area (Å²) in [5.41, 5.74) is 0.298. The summed E-state index contributed by atoms with van der Waals surface area (Å²) in [5, 5.41) is 7.99. The number of anilines is 1. The lowest BCUT2D eigenvalue weighted by Gasteiger charge is -2.10. The third-order valence-corrected chi connectivity index (χ3v) is 5.10. The fourth-order valence-electron chi connectivity index (χ4n) is 1.86. The zero-order chi connectivity index (χ0) is 20.9. The van der Waals surface area contributed by atoms with Gasteiger partial charge in [-0.15, -0.1) is 0 Å². The molecule has 28 heavy (non-hydrogen) atoms. The van der Waals surface area contributed by atoms with Gasteiger partial charge in [-0.3, -0.25) is 4.79 Å². The van der Waals surface area contributed by atoms with Crippen LogP contribution in [-0.4, -0.2) is 33.5 Å². The van der Waals surface area contributed by atoms with Gasteiger partial charge in [0.1, 0.15) is 5.75 Å². The molecular formula is C16H13Cl3N2O6S. The maximum Gasteiger partial charge on any atom is 0.344 e. The lowest BCUT2D eigenvalue weighted by Crippen LogP contribution is -2.23. The highest BCUT2D eigenvalue weighted by atomic mass is 35.5. The molecule has 12 heteroatoms. The van der Waals surface area contributed by atoms with E-state index in [0.717, 1.165) is 0 Å². The number of rotatable bonds is 7.